The third-order valence-electron chi connectivity index (χ3n) is 6.97. The number of hydrogen-bond acceptors (Lipinski definition) is 6. The van der Waals surface area contributed by atoms with Crippen LogP contribution in [-0.4, -0.2) is 24.8 Å². The van der Waals surface area contributed by atoms with Crippen molar-refractivity contribution in [1.29, 1.82) is 0 Å². The first-order valence-corrected chi connectivity index (χ1v) is 11.2. The molecule has 1 aliphatic carbocycles. The van der Waals surface area contributed by atoms with Gasteiger partial charge in [-0.15, -0.1) is 0 Å². The summed E-state index contributed by atoms with van der Waals surface area (Å²) in [6.45, 7) is 6.02. The van der Waals surface area contributed by atoms with Crippen molar-refractivity contribution >= 4 is 29.0 Å². The smallest absolute Gasteiger partial charge is 0.339 e. The molecule has 3 N–H and O–H groups in total. The van der Waals surface area contributed by atoms with Crippen molar-refractivity contribution in [2.75, 3.05) is 17.3 Å². The van der Waals surface area contributed by atoms with Crippen molar-refractivity contribution in [1.82, 2.24) is 0 Å². The molecule has 174 valence electrons. The van der Waals surface area contributed by atoms with Crippen molar-refractivity contribution in [2.24, 2.45) is 11.1 Å². The molecule has 2 aliphatic heterocycles. The minimum absolute atomic E-state index is 0.0372. The number of allylic oxidation sites excluding steroid dienone is 1. The molecule has 0 radical (unpaired) electrons. The highest BCUT2D eigenvalue weighted by Crippen LogP contribution is 2.57. The zero-order valence-corrected chi connectivity index (χ0v) is 19.7. The van der Waals surface area contributed by atoms with Crippen LogP contribution in [-0.2, 0) is 24.5 Å². The number of benzene rings is 2. The number of methoxy groups -OCH3 is 1. The molecule has 7 heteroatoms. The fourth-order valence-corrected chi connectivity index (χ4v) is 5.58. The largest absolute Gasteiger partial charge is 0.466 e. The van der Waals surface area contributed by atoms with Crippen LogP contribution in [0.1, 0.15) is 37.8 Å². The number of amides is 1. The second-order valence-corrected chi connectivity index (χ2v) is 9.94. The van der Waals surface area contributed by atoms with E-state index < -0.39 is 17.3 Å². The summed E-state index contributed by atoms with van der Waals surface area (Å²) in [5.41, 5.74) is 8.50. The van der Waals surface area contributed by atoms with Crippen LogP contribution in [0.15, 0.2) is 71.2 Å². The Morgan fingerprint density at radius 1 is 1.06 bits per heavy atom. The van der Waals surface area contributed by atoms with E-state index in [-0.39, 0.29) is 29.0 Å². The van der Waals surface area contributed by atoms with Gasteiger partial charge in [0.05, 0.1) is 7.11 Å². The highest BCUT2D eigenvalue weighted by atomic mass is 16.5. The molecule has 1 atom stereocenters. The van der Waals surface area contributed by atoms with Gasteiger partial charge in [-0.3, -0.25) is 14.5 Å². The van der Waals surface area contributed by atoms with Crippen molar-refractivity contribution < 1.29 is 19.1 Å². The fraction of sp³-hybridized carbons (Fsp3) is 0.296. The van der Waals surface area contributed by atoms with Gasteiger partial charge in [-0.25, -0.2) is 4.79 Å². The summed E-state index contributed by atoms with van der Waals surface area (Å²) in [6.07, 6.45) is 0.757. The first-order chi connectivity index (χ1) is 16.1. The SMILES string of the molecule is COC(=O)C1=C(N)N(c2ccc(C)cc2)C2=C(C(=O)CC(C)(C)C2)C12C(=O)Nc1ccccc12. The Labute approximate surface area is 198 Å². The molecular weight excluding hydrogens is 430 g/mol. The van der Waals surface area contributed by atoms with E-state index in [0.717, 1.165) is 5.56 Å². The monoisotopic (exact) mass is 457 g/mol. The Balaban J connectivity index is 1.92. The summed E-state index contributed by atoms with van der Waals surface area (Å²) < 4.78 is 5.15. The molecule has 0 saturated heterocycles. The molecule has 1 amide bonds. The summed E-state index contributed by atoms with van der Waals surface area (Å²) in [5, 5.41) is 2.88. The lowest BCUT2D eigenvalue weighted by molar-refractivity contribution is -0.138. The maximum atomic E-state index is 13.9. The van der Waals surface area contributed by atoms with E-state index >= 15 is 0 Å². The number of nitrogens with zero attached hydrogens (tertiary/aromatic N) is 1. The normalized spacial score (nSPS) is 23.1. The molecule has 1 spiro atoms. The zero-order valence-electron chi connectivity index (χ0n) is 19.7. The number of nitrogens with one attached hydrogen (secondary N) is 1. The average molecular weight is 458 g/mol. The van der Waals surface area contributed by atoms with Gasteiger partial charge in [0.25, 0.3) is 0 Å². The van der Waals surface area contributed by atoms with Gasteiger partial charge in [0.2, 0.25) is 5.91 Å². The summed E-state index contributed by atoms with van der Waals surface area (Å²) >= 11 is 0. The molecule has 3 aliphatic rings. The van der Waals surface area contributed by atoms with Crippen LogP contribution in [0.5, 0.6) is 0 Å². The second-order valence-electron chi connectivity index (χ2n) is 9.94. The van der Waals surface area contributed by atoms with Crippen LogP contribution in [0.4, 0.5) is 11.4 Å². The first-order valence-electron chi connectivity index (χ1n) is 11.2. The first kappa shape index (κ1) is 21.9. The molecular formula is C27H27N3O4. The highest BCUT2D eigenvalue weighted by Gasteiger charge is 2.62. The maximum absolute atomic E-state index is 13.9. The van der Waals surface area contributed by atoms with Gasteiger partial charge in [0.1, 0.15) is 16.8 Å². The van der Waals surface area contributed by atoms with Gasteiger partial charge >= 0.3 is 5.97 Å². The van der Waals surface area contributed by atoms with Crippen LogP contribution < -0.4 is 16.0 Å². The number of ketones is 1. The summed E-state index contributed by atoms with van der Waals surface area (Å²) in [6, 6.07) is 14.8. The number of ether oxygens (including phenoxy) is 1. The van der Waals surface area contributed by atoms with Gasteiger partial charge < -0.3 is 15.8 Å². The number of carbonyl (C=O) groups is 3. The van der Waals surface area contributed by atoms with E-state index in [0.29, 0.717) is 34.6 Å². The van der Waals surface area contributed by atoms with E-state index in [9.17, 15) is 14.4 Å². The fourth-order valence-electron chi connectivity index (χ4n) is 5.58. The average Bonchev–Trinajstić information content (AvgIpc) is 3.05. The lowest BCUT2D eigenvalue weighted by Crippen LogP contribution is -2.54. The molecule has 7 nitrogen and oxygen atoms in total. The van der Waals surface area contributed by atoms with Crippen molar-refractivity contribution in [3.8, 4) is 0 Å². The molecule has 34 heavy (non-hydrogen) atoms. The van der Waals surface area contributed by atoms with Gasteiger partial charge in [-0.1, -0.05) is 49.7 Å². The quantitative estimate of drug-likeness (QED) is 0.667. The third kappa shape index (κ3) is 2.86. The number of Topliss-reactive ketones (excluding diaryl/α,β-unsaturated/α-hetero) is 1. The van der Waals surface area contributed by atoms with E-state index in [1.807, 2.05) is 45.0 Å². The standard InChI is InChI=1S/C27H27N3O4/c1-15-9-11-16(12-10-15)30-19-13-26(2,3)14-20(31)21(19)27(22(23(30)28)24(32)34-4)17-7-5-6-8-18(17)29-25(27)33/h5-12H,13-14,28H2,1-4H3,(H,29,33). The predicted molar refractivity (Wildman–Crippen MR) is 129 cm³/mol. The van der Waals surface area contributed by atoms with Crippen molar-refractivity contribution in [2.45, 2.75) is 39.0 Å². The number of nitrogens with two attached hydrogens (primary N) is 1. The molecule has 2 heterocycles. The summed E-state index contributed by atoms with van der Waals surface area (Å²) in [5.74, 6) is -1.30. The number of para-hydroxylation sites is 1. The molecule has 5 rings (SSSR count). The predicted octanol–water partition coefficient (Wildman–Crippen LogP) is 3.69. The van der Waals surface area contributed by atoms with Crippen LogP contribution >= 0.6 is 0 Å². The van der Waals surface area contributed by atoms with Crippen LogP contribution in [0.3, 0.4) is 0 Å². The number of esters is 1. The number of fused-ring (bicyclic) bond motifs is 3. The summed E-state index contributed by atoms with van der Waals surface area (Å²) in [4.78, 5) is 42.8. The number of anilines is 2. The van der Waals surface area contributed by atoms with E-state index in [4.69, 9.17) is 10.5 Å². The molecule has 1 unspecified atom stereocenters. The van der Waals surface area contributed by atoms with Crippen molar-refractivity contribution in [3.05, 3.63) is 82.3 Å². The molecule has 0 bridgehead atoms. The Bertz CT molecular complexity index is 1320. The number of carbonyl (C=O) groups excluding carboxylic acids is 3. The van der Waals surface area contributed by atoms with Crippen LogP contribution in [0.25, 0.3) is 0 Å². The van der Waals surface area contributed by atoms with Gasteiger partial charge in [-0.05, 0) is 37.0 Å². The molecule has 0 fully saturated rings. The van der Waals surface area contributed by atoms with Gasteiger partial charge in [-0.2, -0.15) is 0 Å². The topological polar surface area (TPSA) is 102 Å². The lowest BCUT2D eigenvalue weighted by Gasteiger charge is -2.47. The van der Waals surface area contributed by atoms with E-state index in [1.165, 1.54) is 7.11 Å². The summed E-state index contributed by atoms with van der Waals surface area (Å²) in [7, 11) is 1.25. The van der Waals surface area contributed by atoms with Crippen LogP contribution in [0.2, 0.25) is 0 Å². The zero-order chi connectivity index (χ0) is 24.4. The minimum atomic E-state index is -1.67. The van der Waals surface area contributed by atoms with Crippen molar-refractivity contribution in [3.63, 3.8) is 0 Å². The second kappa shape index (κ2) is 7.32. The minimum Gasteiger partial charge on any atom is -0.466 e. The molecule has 0 aromatic heterocycles. The van der Waals surface area contributed by atoms with Crippen LogP contribution in [0, 0.1) is 12.3 Å². The molecule has 2 aromatic carbocycles. The number of aryl methyl sites for hydroxylation is 1. The van der Waals surface area contributed by atoms with E-state index in [1.54, 1.807) is 29.2 Å². The van der Waals surface area contributed by atoms with Gasteiger partial charge in [0.15, 0.2) is 5.78 Å². The maximum Gasteiger partial charge on any atom is 0.339 e. The van der Waals surface area contributed by atoms with E-state index in [2.05, 4.69) is 5.32 Å². The number of rotatable bonds is 2. The highest BCUT2D eigenvalue weighted by molar-refractivity contribution is 6.23. The number of hydrogen-bond donors (Lipinski definition) is 2. The Morgan fingerprint density at radius 2 is 1.74 bits per heavy atom. The third-order valence-corrected chi connectivity index (χ3v) is 6.97. The Morgan fingerprint density at radius 3 is 2.41 bits per heavy atom. The molecule has 0 saturated carbocycles. The van der Waals surface area contributed by atoms with Gasteiger partial charge in [0, 0.05) is 34.6 Å². The lowest BCUT2D eigenvalue weighted by atomic mass is 9.60. The molecule has 2 aromatic rings. The Hall–Kier alpha value is -3.87. The Kier molecular flexibility index (Phi) is 4.72.